The van der Waals surface area contributed by atoms with Crippen LogP contribution in [0.15, 0.2) is 42.5 Å². The van der Waals surface area contributed by atoms with Crippen LogP contribution in [-0.2, 0) is 9.53 Å². The summed E-state index contributed by atoms with van der Waals surface area (Å²) in [7, 11) is 1.56. The predicted molar refractivity (Wildman–Crippen MR) is 119 cm³/mol. The molecule has 0 saturated heterocycles. The third-order valence-corrected chi connectivity index (χ3v) is 6.06. The van der Waals surface area contributed by atoms with Crippen molar-refractivity contribution in [3.8, 4) is 22.9 Å². The monoisotopic (exact) mass is 423 g/mol. The maximum atomic E-state index is 13.8. The van der Waals surface area contributed by atoms with E-state index in [1.807, 2.05) is 25.1 Å². The second kappa shape index (κ2) is 10.9. The van der Waals surface area contributed by atoms with Gasteiger partial charge < -0.3 is 9.47 Å². The van der Waals surface area contributed by atoms with Crippen molar-refractivity contribution >= 4 is 5.97 Å². The Labute approximate surface area is 184 Å². The first-order valence-electron chi connectivity index (χ1n) is 11.1. The predicted octanol–water partition coefficient (Wildman–Crippen LogP) is 6.33. The molecule has 4 nitrogen and oxygen atoms in total. The van der Waals surface area contributed by atoms with Crippen LogP contribution in [0.25, 0.3) is 11.1 Å². The van der Waals surface area contributed by atoms with Gasteiger partial charge in [0.1, 0.15) is 17.9 Å². The molecule has 0 unspecified atom stereocenters. The van der Waals surface area contributed by atoms with Gasteiger partial charge in [-0.3, -0.25) is 0 Å². The van der Waals surface area contributed by atoms with Gasteiger partial charge in [-0.05, 0) is 66.8 Å². The van der Waals surface area contributed by atoms with E-state index < -0.39 is 12.1 Å². The minimum absolute atomic E-state index is 0.174. The number of carbonyl (C=O) groups excluding carboxylic acids is 1. The minimum atomic E-state index is -1.50. The number of carbonyl (C=O) groups is 1. The number of rotatable bonds is 8. The number of halogens is 1. The maximum absolute atomic E-state index is 13.8. The van der Waals surface area contributed by atoms with E-state index in [1.54, 1.807) is 7.11 Å². The average Bonchev–Trinajstić information content (AvgIpc) is 2.82. The molecule has 0 aromatic heterocycles. The van der Waals surface area contributed by atoms with Gasteiger partial charge in [0.05, 0.1) is 12.7 Å². The Balaban J connectivity index is 1.56. The standard InChI is InChI=1S/C26H30FNO3/c1-3-4-5-24(27)26(29)31-23-13-10-19(11-14-23)18-6-8-20(9-7-18)21-12-15-25(30-2)22(16-21)17-28/h6-9,12,15-16,19,23-24H,3-5,10-11,13-14H2,1-2H3/t19?,23?,24-/m0/s1. The third kappa shape index (κ3) is 5.85. The van der Waals surface area contributed by atoms with Gasteiger partial charge >= 0.3 is 5.97 Å². The van der Waals surface area contributed by atoms with Gasteiger partial charge in [-0.2, -0.15) is 5.26 Å². The molecule has 1 aliphatic rings. The van der Waals surface area contributed by atoms with Crippen LogP contribution >= 0.6 is 0 Å². The highest BCUT2D eigenvalue weighted by Crippen LogP contribution is 2.35. The van der Waals surface area contributed by atoms with E-state index in [2.05, 4.69) is 30.3 Å². The number of alkyl halides is 1. The zero-order valence-electron chi connectivity index (χ0n) is 18.3. The van der Waals surface area contributed by atoms with E-state index in [0.29, 0.717) is 23.7 Å². The largest absolute Gasteiger partial charge is 0.495 e. The molecule has 2 aromatic carbocycles. The number of nitriles is 1. The van der Waals surface area contributed by atoms with Gasteiger partial charge in [0.2, 0.25) is 0 Å². The molecular formula is C26H30FNO3. The zero-order chi connectivity index (χ0) is 22.2. The van der Waals surface area contributed by atoms with Crippen LogP contribution in [0.3, 0.4) is 0 Å². The van der Waals surface area contributed by atoms with E-state index in [0.717, 1.165) is 43.2 Å². The highest BCUT2D eigenvalue weighted by molar-refractivity contribution is 5.74. The van der Waals surface area contributed by atoms with Crippen molar-refractivity contribution in [1.82, 2.24) is 0 Å². The Bertz CT molecular complexity index is 911. The topological polar surface area (TPSA) is 59.3 Å². The van der Waals surface area contributed by atoms with E-state index in [4.69, 9.17) is 9.47 Å². The molecule has 0 heterocycles. The molecule has 1 fully saturated rings. The third-order valence-electron chi connectivity index (χ3n) is 6.06. The van der Waals surface area contributed by atoms with Crippen LogP contribution in [0, 0.1) is 11.3 Å². The quantitative estimate of drug-likeness (QED) is 0.465. The molecule has 1 atom stereocenters. The SMILES string of the molecule is CCCC[C@H](F)C(=O)OC1CCC(c2ccc(-c3ccc(OC)c(C#N)c3)cc2)CC1. The molecule has 0 N–H and O–H groups in total. The highest BCUT2D eigenvalue weighted by Gasteiger charge is 2.27. The number of benzene rings is 2. The molecule has 0 spiro atoms. The molecule has 31 heavy (non-hydrogen) atoms. The average molecular weight is 424 g/mol. The number of hydrogen-bond donors (Lipinski definition) is 0. The maximum Gasteiger partial charge on any atom is 0.340 e. The lowest BCUT2D eigenvalue weighted by Gasteiger charge is -2.29. The molecule has 1 aliphatic carbocycles. The van der Waals surface area contributed by atoms with Gasteiger partial charge in [0.15, 0.2) is 6.17 Å². The first-order chi connectivity index (χ1) is 15.0. The highest BCUT2D eigenvalue weighted by atomic mass is 19.1. The summed E-state index contributed by atoms with van der Waals surface area (Å²) in [5, 5.41) is 9.30. The van der Waals surface area contributed by atoms with Crippen LogP contribution in [0.4, 0.5) is 4.39 Å². The summed E-state index contributed by atoms with van der Waals surface area (Å²) in [4.78, 5) is 11.9. The summed E-state index contributed by atoms with van der Waals surface area (Å²) in [5.41, 5.74) is 3.80. The van der Waals surface area contributed by atoms with Crippen molar-refractivity contribution in [3.63, 3.8) is 0 Å². The van der Waals surface area contributed by atoms with Crippen molar-refractivity contribution < 1.29 is 18.7 Å². The Morgan fingerprint density at radius 2 is 1.81 bits per heavy atom. The van der Waals surface area contributed by atoms with E-state index >= 15 is 0 Å². The summed E-state index contributed by atoms with van der Waals surface area (Å²) in [6.07, 6.45) is 3.53. The molecular weight excluding hydrogens is 393 g/mol. The second-order valence-electron chi connectivity index (χ2n) is 8.17. The lowest BCUT2D eigenvalue weighted by molar-refractivity contribution is -0.157. The summed E-state index contributed by atoms with van der Waals surface area (Å²) in [5.74, 6) is 0.290. The van der Waals surface area contributed by atoms with Crippen LogP contribution in [0.2, 0.25) is 0 Å². The van der Waals surface area contributed by atoms with Crippen molar-refractivity contribution in [2.75, 3.05) is 7.11 Å². The number of nitrogens with zero attached hydrogens (tertiary/aromatic N) is 1. The number of unbranched alkanes of at least 4 members (excludes halogenated alkanes) is 1. The van der Waals surface area contributed by atoms with Crippen LogP contribution in [0.5, 0.6) is 5.75 Å². The summed E-state index contributed by atoms with van der Waals surface area (Å²) < 4.78 is 24.5. The summed E-state index contributed by atoms with van der Waals surface area (Å²) >= 11 is 0. The molecule has 2 aromatic rings. The molecule has 164 valence electrons. The minimum Gasteiger partial charge on any atom is -0.495 e. The molecule has 0 radical (unpaired) electrons. The van der Waals surface area contributed by atoms with Crippen molar-refractivity contribution in [3.05, 3.63) is 53.6 Å². The fourth-order valence-corrected chi connectivity index (χ4v) is 4.18. The van der Waals surface area contributed by atoms with Gasteiger partial charge in [0, 0.05) is 0 Å². The first-order valence-corrected chi connectivity index (χ1v) is 11.1. The molecule has 5 heteroatoms. The van der Waals surface area contributed by atoms with Crippen LogP contribution in [-0.4, -0.2) is 25.4 Å². The van der Waals surface area contributed by atoms with Gasteiger partial charge in [-0.1, -0.05) is 50.1 Å². The normalized spacial score (nSPS) is 19.3. The summed E-state index contributed by atoms with van der Waals surface area (Å²) in [6, 6.07) is 16.2. The fraction of sp³-hybridized carbons (Fsp3) is 0.462. The molecule has 0 amide bonds. The lowest BCUT2D eigenvalue weighted by atomic mass is 9.82. The number of hydrogen-bond acceptors (Lipinski definition) is 4. The summed E-state index contributed by atoms with van der Waals surface area (Å²) in [6.45, 7) is 1.98. The number of ether oxygens (including phenoxy) is 2. The molecule has 0 bridgehead atoms. The Morgan fingerprint density at radius 3 is 2.42 bits per heavy atom. The fourth-order valence-electron chi connectivity index (χ4n) is 4.18. The van der Waals surface area contributed by atoms with Crippen LogP contribution < -0.4 is 4.74 Å². The van der Waals surface area contributed by atoms with Crippen molar-refractivity contribution in [2.24, 2.45) is 0 Å². The van der Waals surface area contributed by atoms with E-state index in [1.165, 1.54) is 5.56 Å². The number of methoxy groups -OCH3 is 1. The first kappa shape index (κ1) is 22.8. The number of esters is 1. The molecule has 0 aliphatic heterocycles. The Morgan fingerprint density at radius 1 is 1.13 bits per heavy atom. The van der Waals surface area contributed by atoms with Crippen molar-refractivity contribution in [1.29, 1.82) is 5.26 Å². The Hall–Kier alpha value is -2.87. The van der Waals surface area contributed by atoms with E-state index in [-0.39, 0.29) is 12.5 Å². The van der Waals surface area contributed by atoms with Gasteiger partial charge in [0.25, 0.3) is 0 Å². The van der Waals surface area contributed by atoms with E-state index in [9.17, 15) is 14.4 Å². The molecule has 3 rings (SSSR count). The Kier molecular flexibility index (Phi) is 8.06. The van der Waals surface area contributed by atoms with Gasteiger partial charge in [-0.25, -0.2) is 9.18 Å². The lowest BCUT2D eigenvalue weighted by Crippen LogP contribution is -2.28. The van der Waals surface area contributed by atoms with Crippen molar-refractivity contribution in [2.45, 2.75) is 70.1 Å². The zero-order valence-corrected chi connectivity index (χ0v) is 18.3. The van der Waals surface area contributed by atoms with Crippen LogP contribution in [0.1, 0.15) is 68.9 Å². The van der Waals surface area contributed by atoms with Gasteiger partial charge in [-0.15, -0.1) is 0 Å². The smallest absolute Gasteiger partial charge is 0.340 e. The molecule has 1 saturated carbocycles. The second-order valence-corrected chi connectivity index (χ2v) is 8.17.